The van der Waals surface area contributed by atoms with Crippen LogP contribution in [0.3, 0.4) is 0 Å². The molecule has 1 aromatic carbocycles. The number of benzene rings is 1. The predicted octanol–water partition coefficient (Wildman–Crippen LogP) is 2.40. The van der Waals surface area contributed by atoms with Crippen LogP contribution in [0.5, 0.6) is 0 Å². The molecular formula is C22H28N2O5. The Morgan fingerprint density at radius 3 is 2.48 bits per heavy atom. The summed E-state index contributed by atoms with van der Waals surface area (Å²) in [5.41, 5.74) is 3.12. The average Bonchev–Trinajstić information content (AvgIpc) is 2.99. The van der Waals surface area contributed by atoms with E-state index in [1.54, 1.807) is 13.2 Å². The van der Waals surface area contributed by atoms with Gasteiger partial charge in [-0.1, -0.05) is 30.3 Å². The molecule has 0 saturated heterocycles. The molecule has 0 fully saturated rings. The lowest BCUT2D eigenvalue weighted by molar-refractivity contribution is -0.142. The molecule has 1 N–H and O–H groups in total. The molecule has 2 aromatic rings. The number of ketones is 1. The minimum absolute atomic E-state index is 0.0870. The van der Waals surface area contributed by atoms with E-state index in [0.29, 0.717) is 12.2 Å². The van der Waals surface area contributed by atoms with Crippen LogP contribution in [-0.4, -0.2) is 49.1 Å². The van der Waals surface area contributed by atoms with Gasteiger partial charge in [0.2, 0.25) is 11.7 Å². The summed E-state index contributed by atoms with van der Waals surface area (Å²) in [6, 6.07) is 11.1. The van der Waals surface area contributed by atoms with Crippen molar-refractivity contribution in [3.63, 3.8) is 0 Å². The fraction of sp³-hybridized carbons (Fsp3) is 0.409. The van der Waals surface area contributed by atoms with Crippen molar-refractivity contribution in [2.24, 2.45) is 0 Å². The van der Waals surface area contributed by atoms with Gasteiger partial charge in [0.25, 0.3) is 0 Å². The number of carbonyl (C=O) groups excluding carboxylic acids is 3. The Morgan fingerprint density at radius 1 is 1.14 bits per heavy atom. The number of esters is 1. The maximum absolute atomic E-state index is 12.5. The number of rotatable bonds is 10. The molecular weight excluding hydrogens is 372 g/mol. The second-order valence-corrected chi connectivity index (χ2v) is 6.98. The number of aryl methyl sites for hydroxylation is 1. The van der Waals surface area contributed by atoms with Crippen LogP contribution in [0.2, 0.25) is 0 Å². The molecule has 1 heterocycles. The van der Waals surface area contributed by atoms with Crippen molar-refractivity contribution in [3.8, 4) is 0 Å². The molecule has 0 aliphatic carbocycles. The smallest absolute Gasteiger partial charge is 0.325 e. The monoisotopic (exact) mass is 400 g/mol. The van der Waals surface area contributed by atoms with Gasteiger partial charge in [-0.05, 0) is 32.4 Å². The number of nitrogens with one attached hydrogen (secondary N) is 1. The fourth-order valence-electron chi connectivity index (χ4n) is 3.34. The van der Waals surface area contributed by atoms with Crippen molar-refractivity contribution in [1.29, 1.82) is 0 Å². The zero-order valence-corrected chi connectivity index (χ0v) is 17.4. The first kappa shape index (κ1) is 22.4. The summed E-state index contributed by atoms with van der Waals surface area (Å²) in [5, 5.41) is 2.51. The van der Waals surface area contributed by atoms with Crippen LogP contribution >= 0.6 is 0 Å². The number of ether oxygens (including phenoxy) is 2. The minimum atomic E-state index is -0.652. The summed E-state index contributed by atoms with van der Waals surface area (Å²) in [5.74, 6) is -1.21. The second kappa shape index (κ2) is 10.6. The molecule has 1 unspecified atom stereocenters. The van der Waals surface area contributed by atoms with E-state index in [4.69, 9.17) is 9.47 Å². The third-order valence-corrected chi connectivity index (χ3v) is 4.64. The Bertz CT molecular complexity index is 858. The van der Waals surface area contributed by atoms with Crippen molar-refractivity contribution in [1.82, 2.24) is 9.88 Å². The van der Waals surface area contributed by atoms with E-state index in [2.05, 4.69) is 5.32 Å². The summed E-state index contributed by atoms with van der Waals surface area (Å²) >= 11 is 0. The van der Waals surface area contributed by atoms with Crippen LogP contribution in [0.1, 0.15) is 40.3 Å². The van der Waals surface area contributed by atoms with Gasteiger partial charge in [0.1, 0.15) is 6.54 Å². The largest absolute Gasteiger partial charge is 0.456 e. The van der Waals surface area contributed by atoms with E-state index in [1.807, 2.05) is 55.7 Å². The second-order valence-electron chi connectivity index (χ2n) is 6.98. The summed E-state index contributed by atoms with van der Waals surface area (Å²) in [4.78, 5) is 36.2. The van der Waals surface area contributed by atoms with Gasteiger partial charge in [0, 0.05) is 24.1 Å². The number of methoxy groups -OCH3 is 1. The number of hydrogen-bond donors (Lipinski definition) is 1. The highest BCUT2D eigenvalue weighted by Crippen LogP contribution is 2.21. The molecule has 0 radical (unpaired) electrons. The van der Waals surface area contributed by atoms with E-state index in [1.165, 1.54) is 0 Å². The van der Waals surface area contributed by atoms with Crippen molar-refractivity contribution in [3.05, 3.63) is 58.9 Å². The third kappa shape index (κ3) is 6.29. The highest BCUT2D eigenvalue weighted by atomic mass is 16.5. The Balaban J connectivity index is 1.83. The molecule has 0 bridgehead atoms. The molecule has 156 valence electrons. The maximum atomic E-state index is 12.5. The first-order chi connectivity index (χ1) is 13.8. The number of nitrogens with zero attached hydrogens (tertiary/aromatic N) is 1. The highest BCUT2D eigenvalue weighted by molar-refractivity contribution is 5.99. The molecule has 0 spiro atoms. The van der Waals surface area contributed by atoms with E-state index < -0.39 is 5.97 Å². The Morgan fingerprint density at radius 2 is 1.83 bits per heavy atom. The van der Waals surface area contributed by atoms with Crippen molar-refractivity contribution >= 4 is 17.7 Å². The van der Waals surface area contributed by atoms with Gasteiger partial charge < -0.3 is 19.4 Å². The molecule has 0 saturated carbocycles. The number of Topliss-reactive ketones (excluding diaryl/α,β-unsaturated/α-hetero) is 1. The van der Waals surface area contributed by atoms with Crippen LogP contribution in [0.25, 0.3) is 0 Å². The van der Waals surface area contributed by atoms with E-state index in [-0.39, 0.29) is 37.3 Å². The van der Waals surface area contributed by atoms with Gasteiger partial charge >= 0.3 is 5.97 Å². The number of hydrogen-bond acceptors (Lipinski definition) is 5. The predicted molar refractivity (Wildman–Crippen MR) is 109 cm³/mol. The standard InChI is InChI=1S/C22H28N2O5/c1-15-10-19(17(3)24(15)16(2)13-28-4)20(25)14-29-22(27)12-23-21(26)11-18-8-6-5-7-9-18/h5-10,16H,11-14H2,1-4H3,(H,23,26). The summed E-state index contributed by atoms with van der Waals surface area (Å²) < 4.78 is 12.3. The van der Waals surface area contributed by atoms with Crippen molar-refractivity contribution < 1.29 is 23.9 Å². The Labute approximate surface area is 171 Å². The molecule has 1 atom stereocenters. The Kier molecular flexibility index (Phi) is 8.15. The lowest BCUT2D eigenvalue weighted by Gasteiger charge is -2.17. The lowest BCUT2D eigenvalue weighted by Crippen LogP contribution is -2.32. The van der Waals surface area contributed by atoms with Gasteiger partial charge in [-0.3, -0.25) is 14.4 Å². The van der Waals surface area contributed by atoms with E-state index >= 15 is 0 Å². The first-order valence-electron chi connectivity index (χ1n) is 9.50. The topological polar surface area (TPSA) is 86.6 Å². The Hall–Kier alpha value is -2.93. The van der Waals surface area contributed by atoms with Gasteiger partial charge in [0.05, 0.1) is 19.1 Å². The normalized spacial score (nSPS) is 11.7. The van der Waals surface area contributed by atoms with Crippen molar-refractivity contribution in [2.75, 3.05) is 26.9 Å². The van der Waals surface area contributed by atoms with Crippen LogP contribution < -0.4 is 5.32 Å². The third-order valence-electron chi connectivity index (χ3n) is 4.64. The molecule has 2 rings (SSSR count). The average molecular weight is 400 g/mol. The fourth-order valence-corrected chi connectivity index (χ4v) is 3.34. The number of carbonyl (C=O) groups is 3. The minimum Gasteiger partial charge on any atom is -0.456 e. The quantitative estimate of drug-likeness (QED) is 0.489. The number of amides is 1. The first-order valence-corrected chi connectivity index (χ1v) is 9.50. The zero-order chi connectivity index (χ0) is 21.4. The number of aromatic nitrogens is 1. The maximum Gasteiger partial charge on any atom is 0.325 e. The van der Waals surface area contributed by atoms with Crippen LogP contribution in [0.15, 0.2) is 36.4 Å². The van der Waals surface area contributed by atoms with Gasteiger partial charge in [-0.15, -0.1) is 0 Å². The highest BCUT2D eigenvalue weighted by Gasteiger charge is 2.20. The molecule has 0 aliphatic heterocycles. The molecule has 0 aliphatic rings. The summed E-state index contributed by atoms with van der Waals surface area (Å²) in [7, 11) is 1.63. The SMILES string of the molecule is COCC(C)n1c(C)cc(C(=O)COC(=O)CNC(=O)Cc2ccccc2)c1C. The summed E-state index contributed by atoms with van der Waals surface area (Å²) in [6.07, 6.45) is 0.179. The summed E-state index contributed by atoms with van der Waals surface area (Å²) in [6.45, 7) is 5.68. The molecule has 7 nitrogen and oxygen atoms in total. The van der Waals surface area contributed by atoms with E-state index in [0.717, 1.165) is 17.0 Å². The van der Waals surface area contributed by atoms with Gasteiger partial charge in [-0.25, -0.2) is 0 Å². The molecule has 7 heteroatoms. The molecule has 1 aromatic heterocycles. The van der Waals surface area contributed by atoms with Crippen LogP contribution in [-0.2, 0) is 25.5 Å². The molecule has 29 heavy (non-hydrogen) atoms. The van der Waals surface area contributed by atoms with Crippen LogP contribution in [0, 0.1) is 13.8 Å². The van der Waals surface area contributed by atoms with Gasteiger partial charge in [0.15, 0.2) is 6.61 Å². The van der Waals surface area contributed by atoms with Crippen molar-refractivity contribution in [2.45, 2.75) is 33.2 Å². The van der Waals surface area contributed by atoms with Crippen LogP contribution in [0.4, 0.5) is 0 Å². The van der Waals surface area contributed by atoms with E-state index in [9.17, 15) is 14.4 Å². The molecule has 1 amide bonds. The van der Waals surface area contributed by atoms with Gasteiger partial charge in [-0.2, -0.15) is 0 Å². The lowest BCUT2D eigenvalue weighted by atomic mass is 10.1. The zero-order valence-electron chi connectivity index (χ0n) is 17.4.